The molecule has 1 N–H and O–H groups in total. The van der Waals surface area contributed by atoms with Gasteiger partial charge in [-0.15, -0.1) is 0 Å². The van der Waals surface area contributed by atoms with Gasteiger partial charge in [0.25, 0.3) is 5.56 Å². The minimum atomic E-state index is 0.0733. The van der Waals surface area contributed by atoms with Crippen LogP contribution in [0.3, 0.4) is 0 Å². The summed E-state index contributed by atoms with van der Waals surface area (Å²) in [5.41, 5.74) is 5.20. The molecule has 3 aromatic rings. The number of rotatable bonds is 2. The third-order valence-corrected chi connectivity index (χ3v) is 4.86. The molecule has 1 aliphatic rings. The van der Waals surface area contributed by atoms with Gasteiger partial charge < -0.3 is 14.3 Å². The lowest BCUT2D eigenvalue weighted by Crippen LogP contribution is -2.25. The minimum Gasteiger partial charge on any atom is -0.497 e. The molecule has 0 unspecified atom stereocenters. The van der Waals surface area contributed by atoms with E-state index in [2.05, 4.69) is 11.1 Å². The third-order valence-electron chi connectivity index (χ3n) is 4.86. The van der Waals surface area contributed by atoms with Crippen LogP contribution in [-0.2, 0) is 19.9 Å². The zero-order chi connectivity index (χ0) is 16.0. The van der Waals surface area contributed by atoms with Crippen LogP contribution in [0, 0.1) is 0 Å². The lowest BCUT2D eigenvalue weighted by atomic mass is 9.94. The van der Waals surface area contributed by atoms with Crippen LogP contribution < -0.4 is 10.3 Å². The second-order valence-corrected chi connectivity index (χ2v) is 6.24. The monoisotopic (exact) mass is 308 g/mol. The van der Waals surface area contributed by atoms with Crippen molar-refractivity contribution in [3.05, 3.63) is 51.9 Å². The van der Waals surface area contributed by atoms with Gasteiger partial charge >= 0.3 is 0 Å². The van der Waals surface area contributed by atoms with Gasteiger partial charge in [0, 0.05) is 29.7 Å². The van der Waals surface area contributed by atoms with Crippen LogP contribution in [-0.4, -0.2) is 16.7 Å². The van der Waals surface area contributed by atoms with E-state index in [1.165, 1.54) is 24.1 Å². The van der Waals surface area contributed by atoms with Crippen LogP contribution in [0.1, 0.15) is 24.1 Å². The second-order valence-electron chi connectivity index (χ2n) is 6.24. The molecule has 1 aliphatic carbocycles. The number of nitrogens with zero attached hydrogens (tertiary/aromatic N) is 1. The first-order chi connectivity index (χ1) is 11.2. The van der Waals surface area contributed by atoms with Crippen molar-refractivity contribution < 1.29 is 4.74 Å². The molecule has 0 saturated heterocycles. The number of fused-ring (bicyclic) bond motifs is 2. The van der Waals surface area contributed by atoms with Gasteiger partial charge in [0.1, 0.15) is 5.75 Å². The van der Waals surface area contributed by atoms with E-state index in [-0.39, 0.29) is 5.56 Å². The Balaban J connectivity index is 1.90. The standard InChI is InChI=1S/C19H20N2O2/c1-21-18-6-4-3-5-13(18)9-15(19(21)22)17-10-12-7-8-14(23-2)11-16(12)20-17/h7-11,20H,3-6H2,1-2H3. The molecule has 4 rings (SSSR count). The molecule has 0 aliphatic heterocycles. The Morgan fingerprint density at radius 3 is 2.78 bits per heavy atom. The number of pyridine rings is 1. The van der Waals surface area contributed by atoms with Gasteiger partial charge in [-0.3, -0.25) is 4.79 Å². The van der Waals surface area contributed by atoms with E-state index >= 15 is 0 Å². The lowest BCUT2D eigenvalue weighted by molar-refractivity contribution is 0.415. The molecule has 1 aromatic carbocycles. The highest BCUT2D eigenvalue weighted by Crippen LogP contribution is 2.28. The first kappa shape index (κ1) is 14.1. The summed E-state index contributed by atoms with van der Waals surface area (Å²) in [5, 5.41) is 1.08. The van der Waals surface area contributed by atoms with Gasteiger partial charge in [-0.2, -0.15) is 0 Å². The van der Waals surface area contributed by atoms with Gasteiger partial charge in [0.15, 0.2) is 0 Å². The number of ether oxygens (including phenoxy) is 1. The molecule has 0 saturated carbocycles. The van der Waals surface area contributed by atoms with Crippen molar-refractivity contribution in [2.75, 3.05) is 7.11 Å². The van der Waals surface area contributed by atoms with E-state index in [4.69, 9.17) is 4.74 Å². The Labute approximate surface area is 134 Å². The molecule has 2 heterocycles. The van der Waals surface area contributed by atoms with Crippen LogP contribution >= 0.6 is 0 Å². The largest absolute Gasteiger partial charge is 0.497 e. The van der Waals surface area contributed by atoms with Gasteiger partial charge in [-0.05, 0) is 55.5 Å². The normalized spacial score (nSPS) is 14.0. The fourth-order valence-corrected chi connectivity index (χ4v) is 3.56. The highest BCUT2D eigenvalue weighted by atomic mass is 16.5. The van der Waals surface area contributed by atoms with Crippen molar-refractivity contribution in [2.45, 2.75) is 25.7 Å². The summed E-state index contributed by atoms with van der Waals surface area (Å²) < 4.78 is 7.10. The maximum absolute atomic E-state index is 12.8. The quantitative estimate of drug-likeness (QED) is 0.788. The van der Waals surface area contributed by atoms with E-state index in [0.717, 1.165) is 40.8 Å². The van der Waals surface area contributed by atoms with Gasteiger partial charge in [-0.25, -0.2) is 0 Å². The number of aromatic nitrogens is 2. The summed E-state index contributed by atoms with van der Waals surface area (Å²) in [6.45, 7) is 0. The van der Waals surface area contributed by atoms with E-state index in [1.807, 2.05) is 35.9 Å². The van der Waals surface area contributed by atoms with Crippen molar-refractivity contribution >= 4 is 10.9 Å². The van der Waals surface area contributed by atoms with Crippen molar-refractivity contribution in [1.29, 1.82) is 0 Å². The predicted octanol–water partition coefficient (Wildman–Crippen LogP) is 3.42. The van der Waals surface area contributed by atoms with Crippen molar-refractivity contribution in [3.8, 4) is 17.0 Å². The van der Waals surface area contributed by atoms with Crippen LogP contribution in [0.25, 0.3) is 22.2 Å². The topological polar surface area (TPSA) is 47.0 Å². The number of methoxy groups -OCH3 is 1. The molecule has 0 amide bonds. The zero-order valence-electron chi connectivity index (χ0n) is 13.5. The van der Waals surface area contributed by atoms with Gasteiger partial charge in [0.05, 0.1) is 18.4 Å². The number of hydrogen-bond donors (Lipinski definition) is 1. The second kappa shape index (κ2) is 5.30. The summed E-state index contributed by atoms with van der Waals surface area (Å²) in [5.74, 6) is 0.809. The van der Waals surface area contributed by atoms with Crippen LogP contribution in [0.4, 0.5) is 0 Å². The first-order valence-corrected chi connectivity index (χ1v) is 8.06. The Hall–Kier alpha value is -2.49. The molecule has 118 valence electrons. The molecular weight excluding hydrogens is 288 g/mol. The number of aryl methyl sites for hydroxylation is 1. The van der Waals surface area contributed by atoms with Crippen LogP contribution in [0.15, 0.2) is 35.1 Å². The molecule has 0 atom stereocenters. The zero-order valence-corrected chi connectivity index (χ0v) is 13.5. The summed E-state index contributed by atoms with van der Waals surface area (Å²) in [4.78, 5) is 16.1. The molecule has 0 bridgehead atoms. The average Bonchev–Trinajstić information content (AvgIpc) is 3.00. The van der Waals surface area contributed by atoms with Gasteiger partial charge in [-0.1, -0.05) is 0 Å². The maximum Gasteiger partial charge on any atom is 0.259 e. The maximum atomic E-state index is 12.8. The van der Waals surface area contributed by atoms with E-state index in [0.29, 0.717) is 0 Å². The molecule has 0 spiro atoms. The lowest BCUT2D eigenvalue weighted by Gasteiger charge is -2.19. The SMILES string of the molecule is COc1ccc2cc(-c3cc4c(n(C)c3=O)CCCC4)[nH]c2c1. The molecule has 4 heteroatoms. The molecule has 4 nitrogen and oxygen atoms in total. The van der Waals surface area contributed by atoms with E-state index in [1.54, 1.807) is 7.11 Å². The Kier molecular flexibility index (Phi) is 3.26. The molecule has 23 heavy (non-hydrogen) atoms. The molecular formula is C19H20N2O2. The summed E-state index contributed by atoms with van der Waals surface area (Å²) in [7, 11) is 3.55. The highest BCUT2D eigenvalue weighted by molar-refractivity contribution is 5.86. The molecule has 0 radical (unpaired) electrons. The van der Waals surface area contributed by atoms with E-state index in [9.17, 15) is 4.79 Å². The number of benzene rings is 1. The predicted molar refractivity (Wildman–Crippen MR) is 92.2 cm³/mol. The summed E-state index contributed by atoms with van der Waals surface area (Å²) in [6, 6.07) is 10.0. The van der Waals surface area contributed by atoms with Crippen LogP contribution in [0.5, 0.6) is 5.75 Å². The minimum absolute atomic E-state index is 0.0733. The van der Waals surface area contributed by atoms with Crippen molar-refractivity contribution in [3.63, 3.8) is 0 Å². The Morgan fingerprint density at radius 1 is 1.13 bits per heavy atom. The van der Waals surface area contributed by atoms with Gasteiger partial charge in [0.2, 0.25) is 0 Å². The summed E-state index contributed by atoms with van der Waals surface area (Å²) >= 11 is 0. The van der Waals surface area contributed by atoms with Crippen LogP contribution in [0.2, 0.25) is 0 Å². The fourth-order valence-electron chi connectivity index (χ4n) is 3.56. The number of H-pyrrole nitrogens is 1. The average molecular weight is 308 g/mol. The summed E-state index contributed by atoms with van der Waals surface area (Å²) in [6.07, 6.45) is 4.44. The van der Waals surface area contributed by atoms with Crippen molar-refractivity contribution in [2.24, 2.45) is 7.05 Å². The smallest absolute Gasteiger partial charge is 0.259 e. The molecule has 0 fully saturated rings. The van der Waals surface area contributed by atoms with E-state index < -0.39 is 0 Å². The highest BCUT2D eigenvalue weighted by Gasteiger charge is 2.17. The number of hydrogen-bond acceptors (Lipinski definition) is 2. The Bertz CT molecular complexity index is 950. The number of nitrogens with one attached hydrogen (secondary N) is 1. The Morgan fingerprint density at radius 2 is 1.96 bits per heavy atom. The molecule has 2 aromatic heterocycles. The third kappa shape index (κ3) is 2.25. The van der Waals surface area contributed by atoms with Crippen molar-refractivity contribution in [1.82, 2.24) is 9.55 Å². The number of aromatic amines is 1. The fraction of sp³-hybridized carbons (Fsp3) is 0.316. The first-order valence-electron chi connectivity index (χ1n) is 8.06.